The largest absolute Gasteiger partial charge is 0.444 e. The van der Waals surface area contributed by atoms with Gasteiger partial charge in [-0.15, -0.1) is 0 Å². The van der Waals surface area contributed by atoms with Gasteiger partial charge in [0, 0.05) is 12.1 Å². The number of ether oxygens (including phenoxy) is 1. The third kappa shape index (κ3) is 10.8. The second kappa shape index (κ2) is 13.9. The highest BCUT2D eigenvalue weighted by molar-refractivity contribution is 7.98. The Morgan fingerprint density at radius 1 is 1.08 bits per heavy atom. The number of carbonyl (C=O) groups excluding carboxylic acids is 3. The zero-order valence-corrected chi connectivity index (χ0v) is 24.7. The van der Waals surface area contributed by atoms with Crippen molar-refractivity contribution in [3.8, 4) is 0 Å². The summed E-state index contributed by atoms with van der Waals surface area (Å²) in [4.78, 5) is 42.2. The maximum absolute atomic E-state index is 14.1. The van der Waals surface area contributed by atoms with Crippen molar-refractivity contribution in [1.29, 1.82) is 0 Å². The lowest BCUT2D eigenvalue weighted by Crippen LogP contribution is -2.55. The molecule has 0 aliphatic heterocycles. The van der Waals surface area contributed by atoms with E-state index in [1.807, 2.05) is 59.1 Å². The minimum Gasteiger partial charge on any atom is -0.444 e. The Hall–Kier alpha value is -2.22. The fourth-order valence-corrected chi connectivity index (χ4v) is 4.25. The van der Waals surface area contributed by atoms with Crippen molar-refractivity contribution < 1.29 is 19.1 Å². The van der Waals surface area contributed by atoms with Gasteiger partial charge in [-0.1, -0.05) is 37.1 Å². The van der Waals surface area contributed by atoms with Gasteiger partial charge in [0.25, 0.3) is 0 Å². The Morgan fingerprint density at radius 3 is 2.25 bits per heavy atom. The molecular formula is C28H47N3O4S. The van der Waals surface area contributed by atoms with Crippen LogP contribution in [-0.4, -0.2) is 58.5 Å². The van der Waals surface area contributed by atoms with Crippen LogP contribution in [0, 0.1) is 13.8 Å². The number of benzene rings is 1. The number of hydrogen-bond acceptors (Lipinski definition) is 5. The van der Waals surface area contributed by atoms with E-state index in [0.29, 0.717) is 18.7 Å². The van der Waals surface area contributed by atoms with Crippen molar-refractivity contribution in [2.24, 2.45) is 0 Å². The van der Waals surface area contributed by atoms with Gasteiger partial charge in [-0.3, -0.25) is 9.59 Å². The van der Waals surface area contributed by atoms with Gasteiger partial charge in [0.2, 0.25) is 11.8 Å². The molecule has 2 N–H and O–H groups in total. The highest BCUT2D eigenvalue weighted by Crippen LogP contribution is 2.28. The third-order valence-corrected chi connectivity index (χ3v) is 6.07. The fraction of sp³-hybridized carbons (Fsp3) is 0.679. The van der Waals surface area contributed by atoms with Gasteiger partial charge in [0.1, 0.15) is 17.7 Å². The summed E-state index contributed by atoms with van der Waals surface area (Å²) in [5.74, 6) is 0.163. The summed E-state index contributed by atoms with van der Waals surface area (Å²) in [6, 6.07) is 4.34. The van der Waals surface area contributed by atoms with Gasteiger partial charge in [-0.25, -0.2) is 4.79 Å². The van der Waals surface area contributed by atoms with Gasteiger partial charge in [-0.2, -0.15) is 11.8 Å². The van der Waals surface area contributed by atoms with E-state index < -0.39 is 29.3 Å². The zero-order valence-electron chi connectivity index (χ0n) is 23.9. The number of unbranched alkanes of at least 4 members (excludes halogenated alkanes) is 1. The monoisotopic (exact) mass is 521 g/mol. The predicted octanol–water partition coefficient (Wildman–Crippen LogP) is 5.53. The molecule has 1 aromatic rings. The van der Waals surface area contributed by atoms with Crippen molar-refractivity contribution in [3.63, 3.8) is 0 Å². The molecule has 8 heteroatoms. The normalized spacial score (nSPS) is 13.5. The number of hydrogen-bond donors (Lipinski definition) is 2. The summed E-state index contributed by atoms with van der Waals surface area (Å²) in [7, 11) is 0. The first-order valence-electron chi connectivity index (χ1n) is 12.8. The van der Waals surface area contributed by atoms with Gasteiger partial charge < -0.3 is 20.3 Å². The van der Waals surface area contributed by atoms with Gasteiger partial charge in [0.05, 0.1) is 0 Å². The summed E-state index contributed by atoms with van der Waals surface area (Å²) < 4.78 is 5.45. The highest BCUT2D eigenvalue weighted by Gasteiger charge is 2.37. The molecule has 204 valence electrons. The molecule has 3 amide bonds. The zero-order chi connectivity index (χ0) is 27.7. The molecule has 2 unspecified atom stereocenters. The van der Waals surface area contributed by atoms with Gasteiger partial charge >= 0.3 is 6.09 Å². The molecule has 0 aromatic heterocycles. The van der Waals surface area contributed by atoms with E-state index in [4.69, 9.17) is 4.74 Å². The summed E-state index contributed by atoms with van der Waals surface area (Å²) in [6.45, 7) is 17.5. The van der Waals surface area contributed by atoms with Gasteiger partial charge in [0.15, 0.2) is 0 Å². The standard InChI is InChI=1S/C28H47N3O4S/c1-11-12-16-31(25(33)22(15-17-36-10)29-26(34)35-28(7,8)9)23(24(32)30-27(4,5)6)21-18-19(2)13-14-20(21)3/h13-14,18,22-23H,11-12,15-17H2,1-10H3,(H,29,34)(H,30,32). The maximum atomic E-state index is 14.1. The quantitative estimate of drug-likeness (QED) is 0.400. The first kappa shape index (κ1) is 31.8. The third-order valence-electron chi connectivity index (χ3n) is 5.42. The molecule has 1 rings (SSSR count). The summed E-state index contributed by atoms with van der Waals surface area (Å²) in [6.07, 6.45) is 3.35. The molecule has 0 fully saturated rings. The molecule has 0 aliphatic rings. The van der Waals surface area contributed by atoms with Crippen LogP contribution in [0.1, 0.15) is 90.5 Å². The Morgan fingerprint density at radius 2 is 1.72 bits per heavy atom. The smallest absolute Gasteiger partial charge is 0.408 e. The fourth-order valence-electron chi connectivity index (χ4n) is 3.78. The highest BCUT2D eigenvalue weighted by atomic mass is 32.2. The molecular weight excluding hydrogens is 474 g/mol. The number of alkyl carbamates (subject to hydrolysis) is 1. The predicted molar refractivity (Wildman–Crippen MR) is 149 cm³/mol. The summed E-state index contributed by atoms with van der Waals surface area (Å²) in [5.41, 5.74) is 1.58. The van der Waals surface area contributed by atoms with Crippen molar-refractivity contribution >= 4 is 29.7 Å². The molecule has 36 heavy (non-hydrogen) atoms. The number of carbonyl (C=O) groups is 3. The van der Waals surface area contributed by atoms with Crippen molar-refractivity contribution in [3.05, 3.63) is 34.9 Å². The van der Waals surface area contributed by atoms with Crippen LogP contribution in [0.4, 0.5) is 4.79 Å². The second-order valence-corrected chi connectivity index (χ2v) is 12.4. The summed E-state index contributed by atoms with van der Waals surface area (Å²) in [5, 5.41) is 5.87. The van der Waals surface area contributed by atoms with Gasteiger partial charge in [-0.05, 0) is 91.4 Å². The molecule has 0 bridgehead atoms. The number of nitrogens with one attached hydrogen (secondary N) is 2. The molecule has 7 nitrogen and oxygen atoms in total. The first-order chi connectivity index (χ1) is 16.6. The van der Waals surface area contributed by atoms with Crippen LogP contribution in [0.15, 0.2) is 18.2 Å². The average molecular weight is 522 g/mol. The van der Waals surface area contributed by atoms with E-state index in [9.17, 15) is 14.4 Å². The number of nitrogens with zero attached hydrogens (tertiary/aromatic N) is 1. The Kier molecular flexibility index (Phi) is 12.3. The Balaban J connectivity index is 3.56. The average Bonchev–Trinajstić information content (AvgIpc) is 2.73. The lowest BCUT2D eigenvalue weighted by molar-refractivity contribution is -0.143. The molecule has 0 saturated heterocycles. The minimum absolute atomic E-state index is 0.235. The lowest BCUT2D eigenvalue weighted by atomic mass is 9.95. The molecule has 1 aromatic carbocycles. The number of aryl methyl sites for hydroxylation is 2. The van der Waals surface area contributed by atoms with Crippen LogP contribution in [0.3, 0.4) is 0 Å². The van der Waals surface area contributed by atoms with E-state index in [1.54, 1.807) is 37.4 Å². The van der Waals surface area contributed by atoms with E-state index in [0.717, 1.165) is 29.5 Å². The number of rotatable bonds is 11. The number of amides is 3. The van der Waals surface area contributed by atoms with Crippen LogP contribution in [0.25, 0.3) is 0 Å². The Bertz CT molecular complexity index is 890. The Labute approximate surface area is 222 Å². The van der Waals surface area contributed by atoms with Crippen molar-refractivity contribution in [2.75, 3.05) is 18.6 Å². The summed E-state index contributed by atoms with van der Waals surface area (Å²) >= 11 is 1.60. The van der Waals surface area contributed by atoms with Crippen LogP contribution in [-0.2, 0) is 14.3 Å². The van der Waals surface area contributed by atoms with E-state index >= 15 is 0 Å². The van der Waals surface area contributed by atoms with Crippen LogP contribution in [0.5, 0.6) is 0 Å². The van der Waals surface area contributed by atoms with Crippen LogP contribution in [0.2, 0.25) is 0 Å². The van der Waals surface area contributed by atoms with E-state index in [1.165, 1.54) is 0 Å². The molecule has 0 aliphatic carbocycles. The maximum Gasteiger partial charge on any atom is 0.408 e. The van der Waals surface area contributed by atoms with Crippen LogP contribution < -0.4 is 10.6 Å². The molecule has 0 heterocycles. The van der Waals surface area contributed by atoms with Crippen molar-refractivity contribution in [1.82, 2.24) is 15.5 Å². The van der Waals surface area contributed by atoms with Crippen LogP contribution >= 0.6 is 11.8 Å². The van der Waals surface area contributed by atoms with Crippen molar-refractivity contribution in [2.45, 2.75) is 105 Å². The SMILES string of the molecule is CCCCN(C(=O)C(CCSC)NC(=O)OC(C)(C)C)C(C(=O)NC(C)(C)C)c1cc(C)ccc1C. The topological polar surface area (TPSA) is 87.7 Å². The minimum atomic E-state index is -0.819. The number of thioether (sulfide) groups is 1. The second-order valence-electron chi connectivity index (χ2n) is 11.4. The lowest BCUT2D eigenvalue weighted by Gasteiger charge is -2.36. The molecule has 0 radical (unpaired) electrons. The van der Waals surface area contributed by atoms with E-state index in [-0.39, 0.29) is 11.8 Å². The molecule has 2 atom stereocenters. The van der Waals surface area contributed by atoms with E-state index in [2.05, 4.69) is 17.6 Å². The molecule has 0 saturated carbocycles. The molecule has 0 spiro atoms. The first-order valence-corrected chi connectivity index (χ1v) is 14.2.